The van der Waals surface area contributed by atoms with E-state index in [1.54, 1.807) is 15.9 Å². The molecule has 0 aliphatic rings. The molecule has 0 fully saturated rings. The number of anilines is 1. The number of halogens is 1. The minimum Gasteiger partial charge on any atom is -0.353 e. The van der Waals surface area contributed by atoms with Crippen LogP contribution in [0.5, 0.6) is 0 Å². The van der Waals surface area contributed by atoms with Crippen molar-refractivity contribution in [3.63, 3.8) is 0 Å². The van der Waals surface area contributed by atoms with Crippen LogP contribution in [0.3, 0.4) is 0 Å². The highest BCUT2D eigenvalue weighted by atomic mass is 79.9. The Kier molecular flexibility index (Phi) is 3.24. The molecule has 0 aliphatic carbocycles. The lowest BCUT2D eigenvalue weighted by Crippen LogP contribution is -2.06. The molecule has 0 aromatic carbocycles. The van der Waals surface area contributed by atoms with Gasteiger partial charge in [-0.2, -0.15) is 4.98 Å². The molecule has 3 rings (SSSR count). The van der Waals surface area contributed by atoms with Crippen molar-refractivity contribution in [3.8, 4) is 0 Å². The van der Waals surface area contributed by atoms with Gasteiger partial charge in [0.05, 0.1) is 11.2 Å². The molecule has 18 heavy (non-hydrogen) atoms. The largest absolute Gasteiger partial charge is 0.353 e. The molecular weight excluding hydrogens is 314 g/mol. The number of hydrogen-bond donors (Lipinski definition) is 1. The zero-order chi connectivity index (χ0) is 12.4. The molecule has 0 saturated heterocycles. The van der Waals surface area contributed by atoms with Gasteiger partial charge in [-0.05, 0) is 28.1 Å². The lowest BCUT2D eigenvalue weighted by molar-refractivity contribution is 0.924. The van der Waals surface area contributed by atoms with Gasteiger partial charge in [-0.3, -0.25) is 0 Å². The van der Waals surface area contributed by atoms with E-state index in [0.717, 1.165) is 28.8 Å². The monoisotopic (exact) mass is 323 g/mol. The van der Waals surface area contributed by atoms with Gasteiger partial charge >= 0.3 is 0 Å². The van der Waals surface area contributed by atoms with E-state index in [-0.39, 0.29) is 0 Å². The van der Waals surface area contributed by atoms with Crippen molar-refractivity contribution in [2.45, 2.75) is 6.42 Å². The summed E-state index contributed by atoms with van der Waals surface area (Å²) in [6.45, 7) is 0.780. The third kappa shape index (κ3) is 2.51. The Morgan fingerprint density at radius 2 is 2.33 bits per heavy atom. The average Bonchev–Trinajstić information content (AvgIpc) is 2.97. The van der Waals surface area contributed by atoms with Gasteiger partial charge < -0.3 is 5.32 Å². The van der Waals surface area contributed by atoms with Gasteiger partial charge in [-0.15, -0.1) is 16.4 Å². The lowest BCUT2D eigenvalue weighted by Gasteiger charge is -1.98. The first kappa shape index (κ1) is 11.6. The third-order valence-electron chi connectivity index (χ3n) is 2.44. The average molecular weight is 324 g/mol. The highest BCUT2D eigenvalue weighted by molar-refractivity contribution is 9.10. The standard InChI is InChI=1S/C11H10BrN5S/c12-8-1-2-10-15-11(16-17(10)5-8)13-4-3-9-6-18-7-14-9/h1-2,5-7H,3-4H2,(H,13,16). The zero-order valence-corrected chi connectivity index (χ0v) is 11.8. The number of aromatic nitrogens is 4. The zero-order valence-electron chi connectivity index (χ0n) is 9.38. The highest BCUT2D eigenvalue weighted by Gasteiger charge is 2.03. The van der Waals surface area contributed by atoms with Crippen molar-refractivity contribution >= 4 is 38.9 Å². The first-order valence-electron chi connectivity index (χ1n) is 5.44. The fraction of sp³-hybridized carbons (Fsp3) is 0.182. The Morgan fingerprint density at radius 1 is 1.39 bits per heavy atom. The molecule has 92 valence electrons. The Morgan fingerprint density at radius 3 is 3.17 bits per heavy atom. The van der Waals surface area contributed by atoms with Gasteiger partial charge in [-0.1, -0.05) is 0 Å². The van der Waals surface area contributed by atoms with Gasteiger partial charge in [0.2, 0.25) is 5.95 Å². The predicted octanol–water partition coefficient (Wildman–Crippen LogP) is 2.60. The molecule has 0 aliphatic heterocycles. The summed E-state index contributed by atoms with van der Waals surface area (Å²) >= 11 is 5.02. The fourth-order valence-electron chi connectivity index (χ4n) is 1.60. The van der Waals surface area contributed by atoms with E-state index in [9.17, 15) is 0 Å². The van der Waals surface area contributed by atoms with Crippen LogP contribution in [0.1, 0.15) is 5.69 Å². The van der Waals surface area contributed by atoms with Crippen LogP contribution in [-0.2, 0) is 6.42 Å². The molecule has 3 heterocycles. The number of nitrogens with zero attached hydrogens (tertiary/aromatic N) is 4. The second-order valence-electron chi connectivity index (χ2n) is 3.74. The fourth-order valence-corrected chi connectivity index (χ4v) is 2.52. The molecule has 0 bridgehead atoms. The summed E-state index contributed by atoms with van der Waals surface area (Å²) in [7, 11) is 0. The van der Waals surface area contributed by atoms with Gasteiger partial charge in [0, 0.05) is 29.0 Å². The summed E-state index contributed by atoms with van der Waals surface area (Å²) in [5.41, 5.74) is 3.77. The van der Waals surface area contributed by atoms with E-state index in [4.69, 9.17) is 0 Å². The van der Waals surface area contributed by atoms with Gasteiger partial charge in [0.25, 0.3) is 0 Å². The topological polar surface area (TPSA) is 55.1 Å². The van der Waals surface area contributed by atoms with E-state index < -0.39 is 0 Å². The molecule has 0 saturated carbocycles. The molecule has 7 heteroatoms. The lowest BCUT2D eigenvalue weighted by atomic mass is 10.3. The van der Waals surface area contributed by atoms with Crippen LogP contribution in [0.15, 0.2) is 33.7 Å². The van der Waals surface area contributed by atoms with Crippen molar-refractivity contribution in [2.24, 2.45) is 0 Å². The number of rotatable bonds is 4. The first-order valence-corrected chi connectivity index (χ1v) is 7.18. The van der Waals surface area contributed by atoms with Crippen LogP contribution in [0.2, 0.25) is 0 Å². The molecule has 3 aromatic heterocycles. The summed E-state index contributed by atoms with van der Waals surface area (Å²) in [5.74, 6) is 0.642. The van der Waals surface area contributed by atoms with E-state index in [0.29, 0.717) is 5.95 Å². The Balaban J connectivity index is 1.67. The smallest absolute Gasteiger partial charge is 0.243 e. The molecule has 3 aromatic rings. The maximum absolute atomic E-state index is 4.37. The Bertz CT molecular complexity index is 649. The summed E-state index contributed by atoms with van der Waals surface area (Å²) in [6, 6.07) is 3.87. The van der Waals surface area contributed by atoms with E-state index >= 15 is 0 Å². The quantitative estimate of drug-likeness (QED) is 0.801. The van der Waals surface area contributed by atoms with Gasteiger partial charge in [0.1, 0.15) is 0 Å². The molecule has 5 nitrogen and oxygen atoms in total. The molecule has 0 atom stereocenters. The number of hydrogen-bond acceptors (Lipinski definition) is 5. The summed E-state index contributed by atoms with van der Waals surface area (Å²) in [6.07, 6.45) is 2.76. The number of pyridine rings is 1. The third-order valence-corrected chi connectivity index (χ3v) is 3.55. The molecule has 0 unspecified atom stereocenters. The van der Waals surface area contributed by atoms with E-state index in [1.807, 2.05) is 23.8 Å². The van der Waals surface area contributed by atoms with Crippen molar-refractivity contribution in [1.82, 2.24) is 19.6 Å². The maximum atomic E-state index is 4.37. The maximum Gasteiger partial charge on any atom is 0.243 e. The van der Waals surface area contributed by atoms with Crippen molar-refractivity contribution in [2.75, 3.05) is 11.9 Å². The van der Waals surface area contributed by atoms with Crippen LogP contribution in [0.4, 0.5) is 5.95 Å². The molecule has 0 amide bonds. The molecule has 1 N–H and O–H groups in total. The number of nitrogens with one attached hydrogen (secondary N) is 1. The second-order valence-corrected chi connectivity index (χ2v) is 5.38. The van der Waals surface area contributed by atoms with Crippen molar-refractivity contribution in [3.05, 3.63) is 39.4 Å². The molecule has 0 spiro atoms. The number of fused-ring (bicyclic) bond motifs is 1. The van der Waals surface area contributed by atoms with Crippen LogP contribution >= 0.6 is 27.3 Å². The van der Waals surface area contributed by atoms with Gasteiger partial charge in [0.15, 0.2) is 5.65 Å². The minimum atomic E-state index is 0.642. The Hall–Kier alpha value is -1.47. The SMILES string of the molecule is Brc1ccc2nc(NCCc3cscn3)nn2c1. The summed E-state index contributed by atoms with van der Waals surface area (Å²) < 4.78 is 2.73. The van der Waals surface area contributed by atoms with Crippen LogP contribution in [0, 0.1) is 0 Å². The normalized spacial score (nSPS) is 10.9. The van der Waals surface area contributed by atoms with Crippen LogP contribution in [0.25, 0.3) is 5.65 Å². The van der Waals surface area contributed by atoms with Gasteiger partial charge in [-0.25, -0.2) is 9.50 Å². The van der Waals surface area contributed by atoms with E-state index in [2.05, 4.69) is 41.7 Å². The van der Waals surface area contributed by atoms with E-state index in [1.165, 1.54) is 0 Å². The number of thiazole rings is 1. The molecule has 0 radical (unpaired) electrons. The predicted molar refractivity (Wildman–Crippen MR) is 75.0 cm³/mol. The highest BCUT2D eigenvalue weighted by Crippen LogP contribution is 2.12. The summed E-state index contributed by atoms with van der Waals surface area (Å²) in [5, 5.41) is 9.59. The van der Waals surface area contributed by atoms with Crippen molar-refractivity contribution < 1.29 is 0 Å². The minimum absolute atomic E-state index is 0.642. The summed E-state index contributed by atoms with van der Waals surface area (Å²) in [4.78, 5) is 8.60. The Labute approximate surface area is 116 Å². The van der Waals surface area contributed by atoms with Crippen LogP contribution < -0.4 is 5.32 Å². The second kappa shape index (κ2) is 5.03. The van der Waals surface area contributed by atoms with Crippen molar-refractivity contribution in [1.29, 1.82) is 0 Å². The van der Waals surface area contributed by atoms with Crippen LogP contribution in [-0.4, -0.2) is 26.1 Å². The molecular formula is C11H10BrN5S. The first-order chi connectivity index (χ1) is 8.81.